The lowest BCUT2D eigenvalue weighted by molar-refractivity contribution is 0.101. The first-order valence-electron chi connectivity index (χ1n) is 6.26. The maximum Gasteiger partial charge on any atom is 0.160 e. The molecule has 0 aliphatic rings. The molecule has 0 bridgehead atoms. The van der Waals surface area contributed by atoms with Crippen LogP contribution in [0.15, 0.2) is 48.5 Å². The summed E-state index contributed by atoms with van der Waals surface area (Å²) in [6.07, 6.45) is 0. The minimum Gasteiger partial charge on any atom is -0.295 e. The molecule has 92 valence electrons. The van der Waals surface area contributed by atoms with Gasteiger partial charge in [-0.15, -0.1) is 0 Å². The fourth-order valence-corrected chi connectivity index (χ4v) is 2.27. The standard InChI is InChI=1S/C17H18O/c1-12-9-10-16(17(11-12)14(3)18)13(2)15-7-5-4-6-8-15/h4-11,13H,1-3H3. The summed E-state index contributed by atoms with van der Waals surface area (Å²) in [5, 5.41) is 0. The van der Waals surface area contributed by atoms with Crippen LogP contribution < -0.4 is 0 Å². The molecule has 0 fully saturated rings. The summed E-state index contributed by atoms with van der Waals surface area (Å²) in [7, 11) is 0. The van der Waals surface area contributed by atoms with E-state index < -0.39 is 0 Å². The van der Waals surface area contributed by atoms with Gasteiger partial charge in [0, 0.05) is 11.5 Å². The molecule has 2 rings (SSSR count). The maximum atomic E-state index is 11.8. The Kier molecular flexibility index (Phi) is 3.61. The van der Waals surface area contributed by atoms with Crippen molar-refractivity contribution in [2.75, 3.05) is 0 Å². The third-order valence-electron chi connectivity index (χ3n) is 3.35. The van der Waals surface area contributed by atoms with Crippen molar-refractivity contribution >= 4 is 5.78 Å². The number of hydrogen-bond donors (Lipinski definition) is 0. The molecule has 0 aliphatic carbocycles. The predicted octanol–water partition coefficient (Wildman–Crippen LogP) is 4.35. The Labute approximate surface area is 108 Å². The molecule has 18 heavy (non-hydrogen) atoms. The molecular weight excluding hydrogens is 220 g/mol. The Hall–Kier alpha value is -1.89. The number of Topliss-reactive ketones (excluding diaryl/α,β-unsaturated/α-hetero) is 1. The average molecular weight is 238 g/mol. The Bertz CT molecular complexity index is 555. The molecule has 1 atom stereocenters. The van der Waals surface area contributed by atoms with Crippen molar-refractivity contribution in [2.45, 2.75) is 26.7 Å². The highest BCUT2D eigenvalue weighted by Crippen LogP contribution is 2.27. The fourth-order valence-electron chi connectivity index (χ4n) is 2.27. The summed E-state index contributed by atoms with van der Waals surface area (Å²) < 4.78 is 0. The van der Waals surface area contributed by atoms with Gasteiger partial charge in [0.05, 0.1) is 0 Å². The van der Waals surface area contributed by atoms with Crippen molar-refractivity contribution in [3.8, 4) is 0 Å². The summed E-state index contributed by atoms with van der Waals surface area (Å²) in [5.41, 5.74) is 4.32. The SMILES string of the molecule is CC(=O)c1cc(C)ccc1C(C)c1ccccc1. The Balaban J connectivity index is 2.48. The van der Waals surface area contributed by atoms with Gasteiger partial charge < -0.3 is 0 Å². The molecule has 0 aliphatic heterocycles. The summed E-state index contributed by atoms with van der Waals surface area (Å²) in [6, 6.07) is 16.4. The van der Waals surface area contributed by atoms with Crippen molar-refractivity contribution in [1.82, 2.24) is 0 Å². The van der Waals surface area contributed by atoms with Crippen LogP contribution in [0.3, 0.4) is 0 Å². The first-order chi connectivity index (χ1) is 8.59. The van der Waals surface area contributed by atoms with Gasteiger partial charge in [-0.2, -0.15) is 0 Å². The number of ketones is 1. The van der Waals surface area contributed by atoms with Crippen LogP contribution in [0.25, 0.3) is 0 Å². The predicted molar refractivity (Wildman–Crippen MR) is 75.1 cm³/mol. The van der Waals surface area contributed by atoms with Crippen LogP contribution >= 0.6 is 0 Å². The zero-order chi connectivity index (χ0) is 13.1. The van der Waals surface area contributed by atoms with Gasteiger partial charge >= 0.3 is 0 Å². The van der Waals surface area contributed by atoms with Gasteiger partial charge in [0.25, 0.3) is 0 Å². The lowest BCUT2D eigenvalue weighted by Crippen LogP contribution is -2.05. The largest absolute Gasteiger partial charge is 0.295 e. The molecular formula is C17H18O. The van der Waals surface area contributed by atoms with Crippen LogP contribution in [0.5, 0.6) is 0 Å². The van der Waals surface area contributed by atoms with E-state index in [0.717, 1.165) is 16.7 Å². The van der Waals surface area contributed by atoms with Gasteiger partial charge in [0.2, 0.25) is 0 Å². The molecule has 0 heterocycles. The lowest BCUT2D eigenvalue weighted by atomic mass is 9.88. The molecule has 2 aromatic rings. The van der Waals surface area contributed by atoms with Crippen LogP contribution in [0.1, 0.15) is 46.8 Å². The van der Waals surface area contributed by atoms with Gasteiger partial charge in [-0.05, 0) is 31.0 Å². The minimum atomic E-state index is 0.136. The summed E-state index contributed by atoms with van der Waals surface area (Å²) in [4.78, 5) is 11.8. The Morgan fingerprint density at radius 2 is 1.72 bits per heavy atom. The van der Waals surface area contributed by atoms with E-state index in [4.69, 9.17) is 0 Å². The smallest absolute Gasteiger partial charge is 0.160 e. The summed E-state index contributed by atoms with van der Waals surface area (Å²) in [6.45, 7) is 5.80. The van der Waals surface area contributed by atoms with Crippen molar-refractivity contribution in [3.63, 3.8) is 0 Å². The number of benzene rings is 2. The molecule has 1 nitrogen and oxygen atoms in total. The van der Waals surface area contributed by atoms with E-state index in [2.05, 4.69) is 31.2 Å². The number of carbonyl (C=O) groups excluding carboxylic acids is 1. The van der Waals surface area contributed by atoms with Crippen LogP contribution in [-0.4, -0.2) is 5.78 Å². The van der Waals surface area contributed by atoms with Crippen LogP contribution in [0.2, 0.25) is 0 Å². The van der Waals surface area contributed by atoms with E-state index >= 15 is 0 Å². The van der Waals surface area contributed by atoms with Crippen LogP contribution in [-0.2, 0) is 0 Å². The highest BCUT2D eigenvalue weighted by atomic mass is 16.1. The summed E-state index contributed by atoms with van der Waals surface area (Å²) in [5.74, 6) is 0.377. The zero-order valence-corrected chi connectivity index (χ0v) is 11.1. The van der Waals surface area contributed by atoms with E-state index in [0.29, 0.717) is 0 Å². The first-order valence-corrected chi connectivity index (χ1v) is 6.26. The molecule has 1 unspecified atom stereocenters. The molecule has 0 saturated heterocycles. The van der Waals surface area contributed by atoms with Crippen LogP contribution in [0, 0.1) is 6.92 Å². The van der Waals surface area contributed by atoms with Crippen molar-refractivity contribution in [3.05, 3.63) is 70.8 Å². The Morgan fingerprint density at radius 1 is 1.06 bits per heavy atom. The molecule has 0 saturated carbocycles. The molecule has 0 amide bonds. The van der Waals surface area contributed by atoms with Gasteiger partial charge in [-0.1, -0.05) is 55.0 Å². The number of rotatable bonds is 3. The average Bonchev–Trinajstić information content (AvgIpc) is 2.39. The van der Waals surface area contributed by atoms with Crippen molar-refractivity contribution in [2.24, 2.45) is 0 Å². The quantitative estimate of drug-likeness (QED) is 0.726. The second-order valence-corrected chi connectivity index (χ2v) is 4.78. The van der Waals surface area contributed by atoms with Gasteiger partial charge in [-0.3, -0.25) is 4.79 Å². The van der Waals surface area contributed by atoms with Crippen LogP contribution in [0.4, 0.5) is 0 Å². The van der Waals surface area contributed by atoms with Crippen molar-refractivity contribution < 1.29 is 4.79 Å². The van der Waals surface area contributed by atoms with E-state index in [1.165, 1.54) is 5.56 Å². The minimum absolute atomic E-state index is 0.136. The second-order valence-electron chi connectivity index (χ2n) is 4.78. The highest BCUT2D eigenvalue weighted by molar-refractivity contribution is 5.96. The van der Waals surface area contributed by atoms with Gasteiger partial charge in [0.1, 0.15) is 0 Å². The molecule has 0 spiro atoms. The molecule has 2 aromatic carbocycles. The third kappa shape index (κ3) is 2.51. The monoisotopic (exact) mass is 238 g/mol. The maximum absolute atomic E-state index is 11.8. The number of aryl methyl sites for hydroxylation is 1. The Morgan fingerprint density at radius 3 is 2.33 bits per heavy atom. The first kappa shape index (κ1) is 12.6. The topological polar surface area (TPSA) is 17.1 Å². The second kappa shape index (κ2) is 5.18. The van der Waals surface area contributed by atoms with Gasteiger partial charge in [0.15, 0.2) is 5.78 Å². The molecule has 0 N–H and O–H groups in total. The fraction of sp³-hybridized carbons (Fsp3) is 0.235. The normalized spacial score (nSPS) is 12.2. The molecule has 1 heteroatoms. The summed E-state index contributed by atoms with van der Waals surface area (Å²) >= 11 is 0. The van der Waals surface area contributed by atoms with E-state index in [1.54, 1.807) is 6.92 Å². The molecule has 0 aromatic heterocycles. The van der Waals surface area contributed by atoms with Crippen molar-refractivity contribution in [1.29, 1.82) is 0 Å². The number of hydrogen-bond acceptors (Lipinski definition) is 1. The zero-order valence-electron chi connectivity index (χ0n) is 11.1. The number of carbonyl (C=O) groups is 1. The van der Waals surface area contributed by atoms with E-state index in [-0.39, 0.29) is 11.7 Å². The molecule has 0 radical (unpaired) electrons. The van der Waals surface area contributed by atoms with E-state index in [9.17, 15) is 4.79 Å². The highest BCUT2D eigenvalue weighted by Gasteiger charge is 2.15. The lowest BCUT2D eigenvalue weighted by Gasteiger charge is -2.16. The van der Waals surface area contributed by atoms with E-state index in [1.807, 2.05) is 31.2 Å². The third-order valence-corrected chi connectivity index (χ3v) is 3.35. The van der Waals surface area contributed by atoms with Gasteiger partial charge in [-0.25, -0.2) is 0 Å².